The van der Waals surface area contributed by atoms with E-state index >= 15 is 0 Å². The number of nitrogens with one attached hydrogen (secondary N) is 2. The van der Waals surface area contributed by atoms with Crippen molar-refractivity contribution in [2.45, 2.75) is 6.18 Å². The van der Waals surface area contributed by atoms with Gasteiger partial charge in [-0.3, -0.25) is 0 Å². The van der Waals surface area contributed by atoms with E-state index < -0.39 is 11.7 Å². The van der Waals surface area contributed by atoms with Crippen molar-refractivity contribution in [2.24, 2.45) is 5.84 Å². The smallest absolute Gasteiger partial charge is 0.340 e. The molecule has 0 aliphatic rings. The molecule has 9 heteroatoms. The number of benzene rings is 1. The van der Waals surface area contributed by atoms with Crippen molar-refractivity contribution in [3.8, 4) is 0 Å². The molecule has 0 fully saturated rings. The van der Waals surface area contributed by atoms with Crippen molar-refractivity contribution in [1.82, 2.24) is 4.98 Å². The number of aromatic nitrogens is 1. The quantitative estimate of drug-likeness (QED) is 0.539. The molecule has 1 aromatic heterocycles. The predicted molar refractivity (Wildman–Crippen MR) is 79.5 cm³/mol. The SMILES string of the molecule is NNc1cc(C(F)(F)F)cc(Nc2ccc(Br)c(Cl)c2)n1. The van der Waals surface area contributed by atoms with Crippen LogP contribution in [-0.2, 0) is 6.18 Å². The summed E-state index contributed by atoms with van der Waals surface area (Å²) in [5, 5.41) is 3.17. The maximum Gasteiger partial charge on any atom is 0.416 e. The van der Waals surface area contributed by atoms with Crippen LogP contribution in [0, 0.1) is 0 Å². The van der Waals surface area contributed by atoms with E-state index in [-0.39, 0.29) is 11.6 Å². The molecule has 21 heavy (non-hydrogen) atoms. The van der Waals surface area contributed by atoms with Crippen LogP contribution in [0.4, 0.5) is 30.5 Å². The van der Waals surface area contributed by atoms with Crippen LogP contribution in [0.5, 0.6) is 0 Å². The number of hydrogen-bond acceptors (Lipinski definition) is 4. The Morgan fingerprint density at radius 3 is 2.38 bits per heavy atom. The molecule has 0 amide bonds. The molecule has 0 aliphatic carbocycles. The van der Waals surface area contributed by atoms with Crippen LogP contribution in [0.15, 0.2) is 34.8 Å². The number of nitrogens with zero attached hydrogens (tertiary/aromatic N) is 1. The second-order valence-electron chi connectivity index (χ2n) is 4.02. The molecule has 112 valence electrons. The molecule has 1 heterocycles. The Bertz CT molecular complexity index is 663. The van der Waals surface area contributed by atoms with Crippen molar-refractivity contribution >= 4 is 44.9 Å². The molecule has 4 N–H and O–H groups in total. The molecule has 0 saturated heterocycles. The van der Waals surface area contributed by atoms with Gasteiger partial charge in [0.2, 0.25) is 0 Å². The standard InChI is InChI=1S/C12H9BrClF3N4/c13-8-2-1-7(5-9(8)14)19-10-3-6(12(15,16)17)4-11(20-10)21-18/h1-5H,18H2,(H2,19,20,21). The van der Waals surface area contributed by atoms with Gasteiger partial charge in [-0.25, -0.2) is 10.8 Å². The Morgan fingerprint density at radius 2 is 1.81 bits per heavy atom. The minimum absolute atomic E-state index is 0.00355. The zero-order valence-electron chi connectivity index (χ0n) is 10.3. The number of hydrogen-bond donors (Lipinski definition) is 3. The molecular formula is C12H9BrClF3N4. The van der Waals surface area contributed by atoms with Gasteiger partial charge in [0, 0.05) is 10.2 Å². The van der Waals surface area contributed by atoms with Crippen LogP contribution in [0.25, 0.3) is 0 Å². The fourth-order valence-electron chi connectivity index (χ4n) is 1.55. The minimum Gasteiger partial charge on any atom is -0.340 e. The number of rotatable bonds is 3. The highest BCUT2D eigenvalue weighted by atomic mass is 79.9. The highest BCUT2D eigenvalue weighted by molar-refractivity contribution is 9.10. The van der Waals surface area contributed by atoms with Crippen LogP contribution in [0.1, 0.15) is 5.56 Å². The minimum atomic E-state index is -4.50. The summed E-state index contributed by atoms with van der Waals surface area (Å²) in [6, 6.07) is 6.58. The number of alkyl halides is 3. The third-order valence-electron chi connectivity index (χ3n) is 2.49. The average molecular weight is 382 g/mol. The van der Waals surface area contributed by atoms with Gasteiger partial charge in [-0.1, -0.05) is 11.6 Å². The Balaban J connectivity index is 2.36. The summed E-state index contributed by atoms with van der Waals surface area (Å²) in [5.41, 5.74) is 1.73. The summed E-state index contributed by atoms with van der Waals surface area (Å²) in [7, 11) is 0. The third kappa shape index (κ3) is 3.99. The lowest BCUT2D eigenvalue weighted by molar-refractivity contribution is -0.137. The Labute approximate surface area is 131 Å². The molecule has 2 rings (SSSR count). The number of hydrazine groups is 1. The second-order valence-corrected chi connectivity index (χ2v) is 5.28. The number of nitrogen functional groups attached to an aromatic ring is 1. The number of nitrogens with two attached hydrogens (primary N) is 1. The average Bonchev–Trinajstić information content (AvgIpc) is 2.41. The van der Waals surface area contributed by atoms with Gasteiger partial charge in [-0.15, -0.1) is 0 Å². The first-order valence-corrected chi connectivity index (χ1v) is 6.74. The Hall–Kier alpha value is -1.51. The van der Waals surface area contributed by atoms with Crippen LogP contribution in [0.3, 0.4) is 0 Å². The zero-order chi connectivity index (χ0) is 15.6. The van der Waals surface area contributed by atoms with E-state index in [1.54, 1.807) is 18.2 Å². The fraction of sp³-hybridized carbons (Fsp3) is 0.0833. The molecule has 4 nitrogen and oxygen atoms in total. The van der Waals surface area contributed by atoms with E-state index in [0.717, 1.165) is 12.1 Å². The van der Waals surface area contributed by atoms with Gasteiger partial charge in [0.1, 0.15) is 11.6 Å². The van der Waals surface area contributed by atoms with E-state index in [1.807, 2.05) is 0 Å². The lowest BCUT2D eigenvalue weighted by Crippen LogP contribution is -2.13. The number of pyridine rings is 1. The van der Waals surface area contributed by atoms with Gasteiger partial charge >= 0.3 is 6.18 Å². The lowest BCUT2D eigenvalue weighted by atomic mass is 10.2. The van der Waals surface area contributed by atoms with Crippen LogP contribution in [0.2, 0.25) is 5.02 Å². The van der Waals surface area contributed by atoms with Crippen molar-refractivity contribution in [1.29, 1.82) is 0 Å². The molecule has 0 bridgehead atoms. The normalized spacial score (nSPS) is 11.3. The van der Waals surface area contributed by atoms with Crippen molar-refractivity contribution in [3.05, 3.63) is 45.4 Å². The monoisotopic (exact) mass is 380 g/mol. The molecule has 0 spiro atoms. The summed E-state index contributed by atoms with van der Waals surface area (Å²) < 4.78 is 39.0. The van der Waals surface area contributed by atoms with Crippen LogP contribution in [-0.4, -0.2) is 4.98 Å². The molecule has 0 aliphatic heterocycles. The first-order chi connectivity index (χ1) is 9.79. The summed E-state index contributed by atoms with van der Waals surface area (Å²) >= 11 is 9.15. The second kappa shape index (κ2) is 6.08. The summed E-state index contributed by atoms with van der Waals surface area (Å²) in [6.45, 7) is 0. The molecule has 0 radical (unpaired) electrons. The highest BCUT2D eigenvalue weighted by Gasteiger charge is 2.31. The van der Waals surface area contributed by atoms with Gasteiger partial charge < -0.3 is 10.7 Å². The van der Waals surface area contributed by atoms with Crippen molar-refractivity contribution in [2.75, 3.05) is 10.7 Å². The third-order valence-corrected chi connectivity index (χ3v) is 3.73. The fourth-order valence-corrected chi connectivity index (χ4v) is 1.98. The summed E-state index contributed by atoms with van der Waals surface area (Å²) in [4.78, 5) is 3.91. The molecule has 0 atom stereocenters. The van der Waals surface area contributed by atoms with E-state index in [1.165, 1.54) is 0 Å². The Morgan fingerprint density at radius 1 is 1.14 bits per heavy atom. The van der Waals surface area contributed by atoms with E-state index in [0.29, 0.717) is 15.2 Å². The first-order valence-electron chi connectivity index (χ1n) is 5.57. The molecule has 1 aromatic carbocycles. The van der Waals surface area contributed by atoms with E-state index in [9.17, 15) is 13.2 Å². The molecule has 0 saturated carbocycles. The number of anilines is 3. The van der Waals surface area contributed by atoms with E-state index in [2.05, 4.69) is 31.7 Å². The van der Waals surface area contributed by atoms with Crippen LogP contribution < -0.4 is 16.6 Å². The highest BCUT2D eigenvalue weighted by Crippen LogP contribution is 2.33. The van der Waals surface area contributed by atoms with Crippen LogP contribution >= 0.6 is 27.5 Å². The van der Waals surface area contributed by atoms with Gasteiger partial charge in [0.05, 0.1) is 10.6 Å². The number of halogens is 5. The van der Waals surface area contributed by atoms with Gasteiger partial charge in [0.15, 0.2) is 0 Å². The maximum atomic E-state index is 12.8. The summed E-state index contributed by atoms with van der Waals surface area (Å²) in [5.74, 6) is 5.03. The van der Waals surface area contributed by atoms with Gasteiger partial charge in [-0.05, 0) is 46.3 Å². The lowest BCUT2D eigenvalue weighted by Gasteiger charge is -2.12. The van der Waals surface area contributed by atoms with Gasteiger partial charge in [-0.2, -0.15) is 13.2 Å². The first kappa shape index (κ1) is 15.9. The topological polar surface area (TPSA) is 63.0 Å². The van der Waals surface area contributed by atoms with Crippen molar-refractivity contribution in [3.63, 3.8) is 0 Å². The summed E-state index contributed by atoms with van der Waals surface area (Å²) in [6.07, 6.45) is -4.50. The zero-order valence-corrected chi connectivity index (χ0v) is 12.6. The molecular weight excluding hydrogens is 373 g/mol. The molecule has 2 aromatic rings. The largest absolute Gasteiger partial charge is 0.416 e. The predicted octanol–water partition coefficient (Wildman–Crippen LogP) is 4.55. The Kier molecular flexibility index (Phi) is 4.60. The maximum absolute atomic E-state index is 12.8. The van der Waals surface area contributed by atoms with Gasteiger partial charge in [0.25, 0.3) is 0 Å². The van der Waals surface area contributed by atoms with Crippen molar-refractivity contribution < 1.29 is 13.2 Å². The van der Waals surface area contributed by atoms with E-state index in [4.69, 9.17) is 17.4 Å². The molecule has 0 unspecified atom stereocenters.